The standard InChI is InChI=1S/C15H12Cl2N2O5S2/c1-25(21,22)19-13-10(16)5-4-9(11(13)17)15-14(20)12-8(3-2-6-18-12)7-26(15,23)24/h2-6,19-20H,7H2,1H3. The van der Waals surface area contributed by atoms with Gasteiger partial charge < -0.3 is 5.11 Å². The van der Waals surface area contributed by atoms with E-state index in [1.54, 1.807) is 12.1 Å². The number of fused-ring (bicyclic) bond motifs is 1. The van der Waals surface area contributed by atoms with Crippen LogP contribution in [0.3, 0.4) is 0 Å². The average molecular weight is 435 g/mol. The van der Waals surface area contributed by atoms with Gasteiger partial charge in [-0.3, -0.25) is 9.71 Å². The minimum Gasteiger partial charge on any atom is -0.504 e. The second kappa shape index (κ2) is 6.41. The van der Waals surface area contributed by atoms with Crippen LogP contribution in [-0.2, 0) is 25.6 Å². The highest BCUT2D eigenvalue weighted by Gasteiger charge is 2.34. The van der Waals surface area contributed by atoms with Crippen LogP contribution < -0.4 is 4.72 Å². The number of pyridine rings is 1. The third kappa shape index (κ3) is 3.39. The Hall–Kier alpha value is -1.81. The SMILES string of the molecule is CS(=O)(=O)Nc1c(Cl)ccc(C2=C(O)c3ncccc3CS2(=O)=O)c1Cl. The van der Waals surface area contributed by atoms with E-state index in [2.05, 4.69) is 9.71 Å². The summed E-state index contributed by atoms with van der Waals surface area (Å²) in [5.74, 6) is -0.926. The molecule has 2 heterocycles. The molecule has 3 rings (SSSR count). The first-order chi connectivity index (χ1) is 12.0. The molecule has 2 N–H and O–H groups in total. The van der Waals surface area contributed by atoms with Crippen LogP contribution in [0.1, 0.15) is 16.8 Å². The maximum absolute atomic E-state index is 12.7. The van der Waals surface area contributed by atoms with Gasteiger partial charge in [0, 0.05) is 11.8 Å². The first-order valence-electron chi connectivity index (χ1n) is 7.07. The Morgan fingerprint density at radius 1 is 1.23 bits per heavy atom. The lowest BCUT2D eigenvalue weighted by molar-refractivity contribution is 0.508. The number of aliphatic hydroxyl groups excluding tert-OH is 1. The smallest absolute Gasteiger partial charge is 0.229 e. The summed E-state index contributed by atoms with van der Waals surface area (Å²) < 4.78 is 50.6. The van der Waals surface area contributed by atoms with E-state index in [0.717, 1.165) is 6.26 Å². The van der Waals surface area contributed by atoms with E-state index in [0.29, 0.717) is 5.56 Å². The van der Waals surface area contributed by atoms with Gasteiger partial charge in [-0.2, -0.15) is 0 Å². The van der Waals surface area contributed by atoms with Gasteiger partial charge in [-0.1, -0.05) is 35.3 Å². The number of aliphatic hydroxyl groups is 1. The molecule has 0 spiro atoms. The number of sulfonamides is 1. The number of halogens is 2. The second-order valence-corrected chi connectivity index (χ2v) is 10.1. The lowest BCUT2D eigenvalue weighted by Crippen LogP contribution is -2.17. The molecule has 11 heteroatoms. The first kappa shape index (κ1) is 19.0. The Morgan fingerprint density at radius 3 is 2.58 bits per heavy atom. The number of benzene rings is 1. The van der Waals surface area contributed by atoms with E-state index in [1.165, 1.54) is 18.3 Å². The van der Waals surface area contributed by atoms with Crippen LogP contribution in [0.15, 0.2) is 30.5 Å². The minimum atomic E-state index is -3.95. The molecular weight excluding hydrogens is 423 g/mol. The van der Waals surface area contributed by atoms with Crippen molar-refractivity contribution in [2.75, 3.05) is 11.0 Å². The third-order valence-corrected chi connectivity index (χ3v) is 6.62. The Balaban J connectivity index is 2.31. The highest BCUT2D eigenvalue weighted by Crippen LogP contribution is 2.43. The van der Waals surface area contributed by atoms with Gasteiger partial charge in [-0.05, 0) is 17.7 Å². The quantitative estimate of drug-likeness (QED) is 0.766. The van der Waals surface area contributed by atoms with Crippen molar-refractivity contribution in [1.82, 2.24) is 4.98 Å². The van der Waals surface area contributed by atoms with Crippen molar-refractivity contribution in [2.45, 2.75) is 5.75 Å². The van der Waals surface area contributed by atoms with Crippen molar-refractivity contribution < 1.29 is 21.9 Å². The summed E-state index contributed by atoms with van der Waals surface area (Å²) >= 11 is 12.2. The zero-order valence-electron chi connectivity index (χ0n) is 13.2. The maximum atomic E-state index is 12.7. The number of hydrogen-bond acceptors (Lipinski definition) is 6. The summed E-state index contributed by atoms with van der Waals surface area (Å²) in [6.07, 6.45) is 2.32. The number of nitrogens with zero attached hydrogens (tertiary/aromatic N) is 1. The highest BCUT2D eigenvalue weighted by molar-refractivity contribution is 8.00. The summed E-state index contributed by atoms with van der Waals surface area (Å²) in [4.78, 5) is 3.59. The number of hydrogen-bond donors (Lipinski definition) is 2. The number of sulfone groups is 1. The number of rotatable bonds is 3. The van der Waals surface area contributed by atoms with Crippen LogP contribution in [-0.4, -0.2) is 33.2 Å². The first-order valence-corrected chi connectivity index (χ1v) is 11.4. The predicted octanol–water partition coefficient (Wildman–Crippen LogP) is 3.07. The molecule has 26 heavy (non-hydrogen) atoms. The van der Waals surface area contributed by atoms with Gasteiger partial charge in [0.1, 0.15) is 10.6 Å². The molecular formula is C15H12Cl2N2O5S2. The topological polar surface area (TPSA) is 113 Å². The van der Waals surface area contributed by atoms with Crippen LogP contribution in [0.4, 0.5) is 5.69 Å². The fourth-order valence-electron chi connectivity index (χ4n) is 2.60. The van der Waals surface area contributed by atoms with Crippen molar-refractivity contribution >= 4 is 59.4 Å². The molecule has 0 unspecified atom stereocenters. The molecule has 0 bridgehead atoms. The molecule has 1 aromatic heterocycles. The normalized spacial score (nSPS) is 16.3. The van der Waals surface area contributed by atoms with Crippen LogP contribution in [0.2, 0.25) is 10.0 Å². The Morgan fingerprint density at radius 2 is 1.92 bits per heavy atom. The number of anilines is 1. The molecule has 138 valence electrons. The van der Waals surface area contributed by atoms with Gasteiger partial charge in [0.25, 0.3) is 0 Å². The Kier molecular flexibility index (Phi) is 4.68. The van der Waals surface area contributed by atoms with Gasteiger partial charge in [0.05, 0.1) is 27.7 Å². The molecule has 0 amide bonds. The minimum absolute atomic E-state index is 0.0176. The van der Waals surface area contributed by atoms with E-state index in [1.807, 2.05) is 0 Å². The molecule has 2 aromatic rings. The van der Waals surface area contributed by atoms with Gasteiger partial charge in [-0.15, -0.1) is 0 Å². The fourth-order valence-corrected chi connectivity index (χ4v) is 5.60. The molecule has 1 aliphatic rings. The van der Waals surface area contributed by atoms with Crippen LogP contribution in [0.5, 0.6) is 0 Å². The molecule has 0 aliphatic carbocycles. The van der Waals surface area contributed by atoms with E-state index < -0.39 is 30.5 Å². The number of nitrogens with one attached hydrogen (secondary N) is 1. The largest absolute Gasteiger partial charge is 0.504 e. The maximum Gasteiger partial charge on any atom is 0.229 e. The average Bonchev–Trinajstić information content (AvgIpc) is 2.52. The Labute approximate surface area is 160 Å². The van der Waals surface area contributed by atoms with Gasteiger partial charge >= 0.3 is 0 Å². The van der Waals surface area contributed by atoms with Crippen LogP contribution in [0.25, 0.3) is 10.7 Å². The van der Waals surface area contributed by atoms with Gasteiger partial charge in [0.2, 0.25) is 10.0 Å². The zero-order chi connectivity index (χ0) is 19.3. The van der Waals surface area contributed by atoms with Crippen LogP contribution >= 0.6 is 23.2 Å². The molecule has 1 aliphatic heterocycles. The van der Waals surface area contributed by atoms with Gasteiger partial charge in [-0.25, -0.2) is 16.8 Å². The van der Waals surface area contributed by atoms with Crippen molar-refractivity contribution in [3.63, 3.8) is 0 Å². The summed E-state index contributed by atoms with van der Waals surface area (Å²) in [5, 5.41) is 10.3. The zero-order valence-corrected chi connectivity index (χ0v) is 16.3. The third-order valence-electron chi connectivity index (χ3n) is 3.61. The van der Waals surface area contributed by atoms with E-state index >= 15 is 0 Å². The van der Waals surface area contributed by atoms with Crippen LogP contribution in [0, 0.1) is 0 Å². The van der Waals surface area contributed by atoms with E-state index in [9.17, 15) is 21.9 Å². The Bertz CT molecular complexity index is 1160. The molecule has 0 saturated carbocycles. The number of aromatic nitrogens is 1. The molecule has 0 fully saturated rings. The summed E-state index contributed by atoms with van der Waals surface area (Å²) in [6, 6.07) is 5.71. The van der Waals surface area contributed by atoms with E-state index in [-0.39, 0.29) is 32.7 Å². The van der Waals surface area contributed by atoms with Gasteiger partial charge in [0.15, 0.2) is 15.6 Å². The summed E-state index contributed by atoms with van der Waals surface area (Å²) in [6.45, 7) is 0. The fraction of sp³-hybridized carbons (Fsp3) is 0.133. The molecule has 1 aromatic carbocycles. The lowest BCUT2D eigenvalue weighted by atomic mass is 10.1. The highest BCUT2D eigenvalue weighted by atomic mass is 35.5. The second-order valence-electron chi connectivity index (χ2n) is 5.61. The molecule has 0 radical (unpaired) electrons. The molecule has 7 nitrogen and oxygen atoms in total. The molecule has 0 atom stereocenters. The lowest BCUT2D eigenvalue weighted by Gasteiger charge is -2.21. The summed E-state index contributed by atoms with van der Waals surface area (Å²) in [7, 11) is -7.67. The van der Waals surface area contributed by atoms with Crippen molar-refractivity contribution in [3.05, 3.63) is 57.3 Å². The van der Waals surface area contributed by atoms with Crippen molar-refractivity contribution in [1.29, 1.82) is 0 Å². The predicted molar refractivity (Wildman–Crippen MR) is 101 cm³/mol. The van der Waals surface area contributed by atoms with Crippen molar-refractivity contribution in [2.24, 2.45) is 0 Å². The summed E-state index contributed by atoms with van der Waals surface area (Å²) in [5.41, 5.74) is 0.237. The molecule has 0 saturated heterocycles. The monoisotopic (exact) mass is 434 g/mol. The van der Waals surface area contributed by atoms with E-state index in [4.69, 9.17) is 23.2 Å². The van der Waals surface area contributed by atoms with Crippen molar-refractivity contribution in [3.8, 4) is 0 Å².